The van der Waals surface area contributed by atoms with Crippen LogP contribution in [0.5, 0.6) is 0 Å². The van der Waals surface area contributed by atoms with Gasteiger partial charge in [0.2, 0.25) is 0 Å². The lowest BCUT2D eigenvalue weighted by Gasteiger charge is -2.23. The second-order valence-corrected chi connectivity index (χ2v) is 11.3. The summed E-state index contributed by atoms with van der Waals surface area (Å²) in [5, 5.41) is 8.94. The molecule has 0 spiro atoms. The van der Waals surface area contributed by atoms with Crippen molar-refractivity contribution < 1.29 is 0 Å². The molecule has 0 saturated heterocycles. The van der Waals surface area contributed by atoms with Crippen LogP contribution < -0.4 is 0 Å². The third kappa shape index (κ3) is 2.78. The van der Waals surface area contributed by atoms with Crippen molar-refractivity contribution in [2.75, 3.05) is 0 Å². The third-order valence-electron chi connectivity index (χ3n) is 8.00. The Bertz CT molecular complexity index is 2170. The first kappa shape index (κ1) is 20.7. The summed E-state index contributed by atoms with van der Waals surface area (Å²) in [5.74, 6) is 0. The van der Waals surface area contributed by atoms with Gasteiger partial charge in [0.15, 0.2) is 0 Å². The Morgan fingerprint density at radius 2 is 1.27 bits per heavy atom. The summed E-state index contributed by atoms with van der Waals surface area (Å²) in [4.78, 5) is 5.27. The van der Waals surface area contributed by atoms with E-state index in [0.717, 1.165) is 11.2 Å². The minimum atomic E-state index is 0.0234. The van der Waals surface area contributed by atoms with Crippen LogP contribution in [0.1, 0.15) is 26.3 Å². The van der Waals surface area contributed by atoms with Gasteiger partial charge in [-0.05, 0) is 57.5 Å². The number of benzene rings is 5. The van der Waals surface area contributed by atoms with Crippen molar-refractivity contribution in [1.29, 1.82) is 0 Å². The standard InChI is InChI=1S/C35H26N2/c1-35(2,3)28-19-22(18-21-10-4-5-11-23(21)28)30-20-32-33-25(13-9-16-29(33)36-30)27-15-8-14-26-24-12-6-7-17-31(24)37(32)34(26)27/h4-20H,1-3H3. The molecule has 176 valence electrons. The van der Waals surface area contributed by atoms with Crippen LogP contribution in [0.25, 0.3) is 71.0 Å². The Morgan fingerprint density at radius 3 is 2.11 bits per heavy atom. The van der Waals surface area contributed by atoms with E-state index in [0.29, 0.717) is 0 Å². The maximum absolute atomic E-state index is 5.27. The van der Waals surface area contributed by atoms with Crippen molar-refractivity contribution in [1.82, 2.24) is 9.38 Å². The molecule has 0 N–H and O–H groups in total. The van der Waals surface area contributed by atoms with Crippen molar-refractivity contribution in [2.24, 2.45) is 0 Å². The molecule has 2 heteroatoms. The highest BCUT2D eigenvalue weighted by atomic mass is 14.9. The van der Waals surface area contributed by atoms with Gasteiger partial charge in [0.05, 0.1) is 27.8 Å². The normalized spacial score (nSPS) is 12.7. The van der Waals surface area contributed by atoms with Crippen molar-refractivity contribution in [3.63, 3.8) is 0 Å². The van der Waals surface area contributed by atoms with Crippen molar-refractivity contribution in [3.8, 4) is 11.3 Å². The molecule has 0 bridgehead atoms. The van der Waals surface area contributed by atoms with E-state index in [2.05, 4.69) is 128 Å². The fraction of sp³-hybridized carbons (Fsp3) is 0.114. The van der Waals surface area contributed by atoms with E-state index in [9.17, 15) is 0 Å². The Kier molecular flexibility index (Phi) is 3.96. The van der Waals surface area contributed by atoms with Crippen LogP contribution in [-0.2, 0) is 5.41 Å². The quantitative estimate of drug-likeness (QED) is 0.171. The summed E-state index contributed by atoms with van der Waals surface area (Å²) in [7, 11) is 0. The lowest BCUT2D eigenvalue weighted by Crippen LogP contribution is -2.12. The van der Waals surface area contributed by atoms with Gasteiger partial charge in [0, 0.05) is 27.1 Å². The number of hydrogen-bond donors (Lipinski definition) is 0. The maximum Gasteiger partial charge on any atom is 0.0736 e. The molecule has 0 amide bonds. The van der Waals surface area contributed by atoms with E-state index in [1.807, 2.05) is 0 Å². The largest absolute Gasteiger partial charge is 0.308 e. The van der Waals surface area contributed by atoms with Crippen LogP contribution in [0.3, 0.4) is 0 Å². The molecular formula is C35H26N2. The molecule has 2 nitrogen and oxygen atoms in total. The zero-order valence-corrected chi connectivity index (χ0v) is 21.2. The van der Waals surface area contributed by atoms with Gasteiger partial charge >= 0.3 is 0 Å². The van der Waals surface area contributed by atoms with Crippen LogP contribution in [0.15, 0.2) is 103 Å². The first-order valence-electron chi connectivity index (χ1n) is 13.0. The minimum Gasteiger partial charge on any atom is -0.308 e. The van der Waals surface area contributed by atoms with E-state index in [-0.39, 0.29) is 5.41 Å². The topological polar surface area (TPSA) is 17.3 Å². The van der Waals surface area contributed by atoms with Crippen LogP contribution in [0, 0.1) is 0 Å². The number of aromatic nitrogens is 2. The van der Waals surface area contributed by atoms with Gasteiger partial charge in [0.25, 0.3) is 0 Å². The van der Waals surface area contributed by atoms with Gasteiger partial charge in [-0.2, -0.15) is 0 Å². The summed E-state index contributed by atoms with van der Waals surface area (Å²) < 4.78 is 2.46. The van der Waals surface area contributed by atoms with Crippen molar-refractivity contribution in [2.45, 2.75) is 26.2 Å². The molecule has 3 aromatic heterocycles. The molecule has 0 saturated carbocycles. The van der Waals surface area contributed by atoms with Gasteiger partial charge in [0.1, 0.15) is 0 Å². The predicted molar refractivity (Wildman–Crippen MR) is 158 cm³/mol. The molecule has 8 aromatic rings. The summed E-state index contributed by atoms with van der Waals surface area (Å²) in [6, 6.07) is 37.7. The van der Waals surface area contributed by atoms with Gasteiger partial charge in [-0.3, -0.25) is 0 Å². The molecule has 8 rings (SSSR count). The van der Waals surface area contributed by atoms with Crippen molar-refractivity contribution >= 4 is 59.8 Å². The monoisotopic (exact) mass is 474 g/mol. The fourth-order valence-electron chi connectivity index (χ4n) is 6.38. The summed E-state index contributed by atoms with van der Waals surface area (Å²) >= 11 is 0. The molecule has 0 fully saturated rings. The lowest BCUT2D eigenvalue weighted by atomic mass is 9.82. The van der Waals surface area contributed by atoms with Gasteiger partial charge in [-0.15, -0.1) is 0 Å². The smallest absolute Gasteiger partial charge is 0.0736 e. The molecular weight excluding hydrogens is 448 g/mol. The van der Waals surface area contributed by atoms with E-state index in [1.54, 1.807) is 0 Å². The molecule has 0 radical (unpaired) electrons. The zero-order valence-electron chi connectivity index (χ0n) is 21.2. The molecule has 3 heterocycles. The average molecular weight is 475 g/mol. The highest BCUT2D eigenvalue weighted by Gasteiger charge is 2.21. The zero-order chi connectivity index (χ0) is 24.9. The van der Waals surface area contributed by atoms with Gasteiger partial charge in [-0.1, -0.05) is 93.6 Å². The molecule has 37 heavy (non-hydrogen) atoms. The number of para-hydroxylation sites is 2. The van der Waals surface area contributed by atoms with E-state index in [1.165, 1.54) is 65.4 Å². The summed E-state index contributed by atoms with van der Waals surface area (Å²) in [5.41, 5.74) is 8.34. The highest BCUT2D eigenvalue weighted by molar-refractivity contribution is 6.26. The molecule has 0 aliphatic heterocycles. The number of fused-ring (bicyclic) bond motifs is 6. The lowest BCUT2D eigenvalue weighted by molar-refractivity contribution is 0.596. The molecule has 5 aromatic carbocycles. The third-order valence-corrected chi connectivity index (χ3v) is 8.00. The molecule has 0 aliphatic rings. The summed E-state index contributed by atoms with van der Waals surface area (Å²) in [6.07, 6.45) is 0. The Hall–Kier alpha value is -4.43. The van der Waals surface area contributed by atoms with Gasteiger partial charge < -0.3 is 4.40 Å². The van der Waals surface area contributed by atoms with Crippen LogP contribution >= 0.6 is 0 Å². The predicted octanol–water partition coefficient (Wildman–Crippen LogP) is 9.50. The van der Waals surface area contributed by atoms with E-state index >= 15 is 0 Å². The second-order valence-electron chi connectivity index (χ2n) is 11.3. The second kappa shape index (κ2) is 7.08. The fourth-order valence-corrected chi connectivity index (χ4v) is 6.38. The van der Waals surface area contributed by atoms with Crippen LogP contribution in [-0.4, -0.2) is 9.38 Å². The van der Waals surface area contributed by atoms with Crippen LogP contribution in [0.4, 0.5) is 0 Å². The SMILES string of the molecule is CC(C)(C)c1cc(-c2cc3c4c(cccc4c4cccc5c6ccccc6n3c45)n2)cc2ccccc12. The first-order chi connectivity index (χ1) is 18.0. The molecule has 0 atom stereocenters. The number of rotatable bonds is 1. The van der Waals surface area contributed by atoms with Crippen LogP contribution in [0.2, 0.25) is 0 Å². The van der Waals surface area contributed by atoms with Gasteiger partial charge in [-0.25, -0.2) is 4.98 Å². The molecule has 0 aliphatic carbocycles. The first-order valence-corrected chi connectivity index (χ1v) is 13.0. The van der Waals surface area contributed by atoms with Crippen molar-refractivity contribution in [3.05, 3.63) is 109 Å². The average Bonchev–Trinajstić information content (AvgIpc) is 3.25. The number of nitrogens with zero attached hydrogens (tertiary/aromatic N) is 2. The molecule has 0 unspecified atom stereocenters. The minimum absolute atomic E-state index is 0.0234. The Balaban J connectivity index is 1.57. The van der Waals surface area contributed by atoms with E-state index < -0.39 is 0 Å². The maximum atomic E-state index is 5.27. The Labute approximate surface area is 215 Å². The van der Waals surface area contributed by atoms with E-state index in [4.69, 9.17) is 4.98 Å². The number of hydrogen-bond acceptors (Lipinski definition) is 1. The highest BCUT2D eigenvalue weighted by Crippen LogP contribution is 2.42. The number of pyridine rings is 2. The Morgan fingerprint density at radius 1 is 0.595 bits per heavy atom. The summed E-state index contributed by atoms with van der Waals surface area (Å²) in [6.45, 7) is 6.88.